The predicted octanol–water partition coefficient (Wildman–Crippen LogP) is 3.12. The number of benzene rings is 2. The number of hydrogen-bond acceptors (Lipinski definition) is 6. The minimum atomic E-state index is -0.173. The average molecular weight is 280 g/mol. The molecule has 4 N–H and O–H groups in total. The van der Waals surface area contributed by atoms with Gasteiger partial charge in [-0.15, -0.1) is 0 Å². The Balaban J connectivity index is 2.12. The molecule has 92 valence electrons. The lowest BCUT2D eigenvalue weighted by Crippen LogP contribution is -1.89. The molecule has 0 aliphatic carbocycles. The lowest BCUT2D eigenvalue weighted by atomic mass is 10.3. The summed E-state index contributed by atoms with van der Waals surface area (Å²) in [4.78, 5) is 3.20. The van der Waals surface area contributed by atoms with Crippen LogP contribution in [0.1, 0.15) is 0 Å². The third-order valence-electron chi connectivity index (χ3n) is 2.52. The van der Waals surface area contributed by atoms with Crippen LogP contribution in [0.2, 0.25) is 0 Å². The molecule has 0 fully saturated rings. The van der Waals surface area contributed by atoms with Gasteiger partial charge in [0, 0.05) is 19.6 Å². The topological polar surface area (TPSA) is 80.9 Å². The molecule has 0 unspecified atom stereocenters. The van der Waals surface area contributed by atoms with E-state index >= 15 is 0 Å². The molecule has 0 saturated heterocycles. The molecule has 2 aromatic rings. The first-order valence-corrected chi connectivity index (χ1v) is 6.65. The van der Waals surface area contributed by atoms with Crippen molar-refractivity contribution < 1.29 is 20.4 Å². The zero-order valence-electron chi connectivity index (χ0n) is 8.91. The van der Waals surface area contributed by atoms with E-state index in [9.17, 15) is 20.4 Å². The van der Waals surface area contributed by atoms with Crippen LogP contribution in [0, 0.1) is 0 Å². The number of aromatic hydroxyl groups is 4. The molecular formula is C12H8O4S2. The summed E-state index contributed by atoms with van der Waals surface area (Å²) in [5.41, 5.74) is 0. The van der Waals surface area contributed by atoms with Crippen LogP contribution < -0.4 is 0 Å². The molecule has 0 aromatic heterocycles. The summed E-state index contributed by atoms with van der Waals surface area (Å²) in [7, 11) is 0. The summed E-state index contributed by atoms with van der Waals surface area (Å²) >= 11 is 2.73. The highest BCUT2D eigenvalue weighted by Gasteiger charge is 2.21. The number of phenolic OH excluding ortho intramolecular Hbond substituents is 4. The van der Waals surface area contributed by atoms with E-state index in [2.05, 4.69) is 0 Å². The van der Waals surface area contributed by atoms with Gasteiger partial charge in [0.15, 0.2) is 23.0 Å². The van der Waals surface area contributed by atoms with Crippen LogP contribution in [0.25, 0.3) is 0 Å². The van der Waals surface area contributed by atoms with E-state index < -0.39 is 0 Å². The first-order valence-electron chi connectivity index (χ1n) is 5.02. The van der Waals surface area contributed by atoms with Crippen molar-refractivity contribution in [1.82, 2.24) is 0 Å². The summed E-state index contributed by atoms with van der Waals surface area (Å²) in [5, 5.41) is 37.8. The molecule has 0 spiro atoms. The second-order valence-electron chi connectivity index (χ2n) is 3.78. The van der Waals surface area contributed by atoms with Crippen molar-refractivity contribution in [1.29, 1.82) is 0 Å². The Labute approximate surface area is 111 Å². The van der Waals surface area contributed by atoms with Crippen LogP contribution in [-0.4, -0.2) is 20.4 Å². The van der Waals surface area contributed by atoms with E-state index in [0.29, 0.717) is 0 Å². The number of fused-ring (bicyclic) bond motifs is 2. The van der Waals surface area contributed by atoms with Crippen molar-refractivity contribution in [2.75, 3.05) is 0 Å². The van der Waals surface area contributed by atoms with Crippen LogP contribution >= 0.6 is 23.5 Å². The zero-order valence-corrected chi connectivity index (χ0v) is 10.5. The first-order chi connectivity index (χ1) is 8.54. The fraction of sp³-hybridized carbons (Fsp3) is 0. The predicted molar refractivity (Wildman–Crippen MR) is 67.8 cm³/mol. The number of phenols is 4. The van der Waals surface area contributed by atoms with Gasteiger partial charge in [-0.1, -0.05) is 23.5 Å². The van der Waals surface area contributed by atoms with Crippen LogP contribution in [0.4, 0.5) is 0 Å². The van der Waals surface area contributed by atoms with Crippen molar-refractivity contribution in [3.05, 3.63) is 24.3 Å². The minimum Gasteiger partial charge on any atom is -0.504 e. The molecule has 0 atom stereocenters. The van der Waals surface area contributed by atoms with Crippen molar-refractivity contribution in [2.24, 2.45) is 0 Å². The Kier molecular flexibility index (Phi) is 2.49. The van der Waals surface area contributed by atoms with Crippen LogP contribution in [0.5, 0.6) is 23.0 Å². The molecule has 18 heavy (non-hydrogen) atoms. The Bertz CT molecular complexity index is 544. The highest BCUT2D eigenvalue weighted by atomic mass is 32.2. The molecule has 1 aliphatic heterocycles. The van der Waals surface area contributed by atoms with Crippen molar-refractivity contribution in [2.45, 2.75) is 19.6 Å². The maximum absolute atomic E-state index is 9.46. The molecule has 0 saturated carbocycles. The Morgan fingerprint density at radius 3 is 0.944 bits per heavy atom. The summed E-state index contributed by atoms with van der Waals surface area (Å²) < 4.78 is 0. The standard InChI is InChI=1S/C12H8O4S2/c13-5-1-9-10(2-6(5)14)18-12-4-8(16)7(15)3-11(12)17-9/h1-4,13-16H. The second kappa shape index (κ2) is 3.93. The maximum atomic E-state index is 9.46. The van der Waals surface area contributed by atoms with Gasteiger partial charge in [-0.3, -0.25) is 0 Å². The van der Waals surface area contributed by atoms with Crippen molar-refractivity contribution in [3.8, 4) is 23.0 Å². The minimum absolute atomic E-state index is 0.173. The van der Waals surface area contributed by atoms with E-state index in [-0.39, 0.29) is 23.0 Å². The van der Waals surface area contributed by atoms with E-state index in [4.69, 9.17) is 0 Å². The van der Waals surface area contributed by atoms with Crippen molar-refractivity contribution >= 4 is 23.5 Å². The SMILES string of the molecule is Oc1cc2c(cc1O)Sc1cc(O)c(O)cc1S2. The van der Waals surface area contributed by atoms with Crippen LogP contribution in [-0.2, 0) is 0 Å². The largest absolute Gasteiger partial charge is 0.504 e. The van der Waals surface area contributed by atoms with E-state index in [0.717, 1.165) is 19.6 Å². The van der Waals surface area contributed by atoms with Gasteiger partial charge in [0.2, 0.25) is 0 Å². The van der Waals surface area contributed by atoms with E-state index in [1.165, 1.54) is 47.8 Å². The smallest absolute Gasteiger partial charge is 0.158 e. The van der Waals surface area contributed by atoms with Crippen molar-refractivity contribution in [3.63, 3.8) is 0 Å². The average Bonchev–Trinajstić information content (AvgIpc) is 2.31. The molecule has 0 radical (unpaired) electrons. The van der Waals surface area contributed by atoms with Gasteiger partial charge < -0.3 is 20.4 Å². The van der Waals surface area contributed by atoms with Gasteiger partial charge in [0.25, 0.3) is 0 Å². The summed E-state index contributed by atoms with van der Waals surface area (Å²) in [6, 6.07) is 5.93. The third kappa shape index (κ3) is 1.74. The van der Waals surface area contributed by atoms with E-state index in [1.807, 2.05) is 0 Å². The lowest BCUT2D eigenvalue weighted by molar-refractivity contribution is 0.400. The third-order valence-corrected chi connectivity index (χ3v) is 5.01. The Morgan fingerprint density at radius 1 is 0.500 bits per heavy atom. The molecule has 3 rings (SSSR count). The highest BCUT2D eigenvalue weighted by Crippen LogP contribution is 2.53. The summed E-state index contributed by atoms with van der Waals surface area (Å²) in [6.45, 7) is 0. The molecule has 6 heteroatoms. The second-order valence-corrected chi connectivity index (χ2v) is 5.95. The van der Waals surface area contributed by atoms with Gasteiger partial charge in [-0.2, -0.15) is 0 Å². The normalized spacial score (nSPS) is 12.9. The molecule has 1 aliphatic rings. The number of hydrogen-bond donors (Lipinski definition) is 4. The lowest BCUT2D eigenvalue weighted by Gasteiger charge is -2.19. The molecule has 4 nitrogen and oxygen atoms in total. The quantitative estimate of drug-likeness (QED) is 0.474. The molecule has 0 amide bonds. The van der Waals surface area contributed by atoms with Gasteiger partial charge in [-0.25, -0.2) is 0 Å². The highest BCUT2D eigenvalue weighted by molar-refractivity contribution is 8.05. The van der Waals surface area contributed by atoms with Gasteiger partial charge >= 0.3 is 0 Å². The molecule has 1 heterocycles. The molecular weight excluding hydrogens is 272 g/mol. The first kappa shape index (κ1) is 11.4. The Hall–Kier alpha value is -1.66. The Morgan fingerprint density at radius 2 is 0.722 bits per heavy atom. The fourth-order valence-electron chi connectivity index (χ4n) is 1.63. The van der Waals surface area contributed by atoms with E-state index in [1.54, 1.807) is 0 Å². The summed E-state index contributed by atoms with van der Waals surface area (Å²) in [6.07, 6.45) is 0. The molecule has 0 bridgehead atoms. The van der Waals surface area contributed by atoms with Crippen LogP contribution in [0.3, 0.4) is 0 Å². The van der Waals surface area contributed by atoms with Gasteiger partial charge in [0.1, 0.15) is 0 Å². The summed E-state index contributed by atoms with van der Waals surface area (Å²) in [5.74, 6) is -0.691. The number of rotatable bonds is 0. The maximum Gasteiger partial charge on any atom is 0.158 e. The van der Waals surface area contributed by atoms with Gasteiger partial charge in [-0.05, 0) is 24.3 Å². The zero-order chi connectivity index (χ0) is 12.9. The fourth-order valence-corrected chi connectivity index (χ4v) is 3.93. The van der Waals surface area contributed by atoms with Gasteiger partial charge in [0.05, 0.1) is 0 Å². The van der Waals surface area contributed by atoms with Crippen LogP contribution in [0.15, 0.2) is 43.8 Å². The molecule has 2 aromatic carbocycles. The monoisotopic (exact) mass is 280 g/mol.